The summed E-state index contributed by atoms with van der Waals surface area (Å²) in [6.45, 7) is 3.26. The number of nitrogens with two attached hydrogens (primary N) is 1. The summed E-state index contributed by atoms with van der Waals surface area (Å²) in [6, 6.07) is 15.4. The van der Waals surface area contributed by atoms with Gasteiger partial charge in [-0.05, 0) is 47.7 Å². The molecule has 0 saturated carbocycles. The number of hydrogen-bond acceptors (Lipinski definition) is 3. The van der Waals surface area contributed by atoms with Crippen LogP contribution in [0.25, 0.3) is 0 Å². The van der Waals surface area contributed by atoms with Gasteiger partial charge in [0, 0.05) is 18.7 Å². The molecule has 1 unspecified atom stereocenters. The number of ether oxygens (including phenoxy) is 1. The molecule has 24 heavy (non-hydrogen) atoms. The Bertz CT molecular complexity index is 627. The van der Waals surface area contributed by atoms with Crippen LogP contribution in [0.15, 0.2) is 48.5 Å². The summed E-state index contributed by atoms with van der Waals surface area (Å²) in [6.07, 6.45) is 0.913. The number of carbonyl (C=O) groups is 1. The van der Waals surface area contributed by atoms with Gasteiger partial charge in [0.15, 0.2) is 0 Å². The average molecular weight is 349 g/mol. The van der Waals surface area contributed by atoms with Gasteiger partial charge in [-0.3, -0.25) is 4.79 Å². The molecule has 1 atom stereocenters. The van der Waals surface area contributed by atoms with Crippen molar-refractivity contribution in [1.82, 2.24) is 5.32 Å². The molecule has 0 fully saturated rings. The molecule has 0 aliphatic carbocycles. The van der Waals surface area contributed by atoms with Crippen LogP contribution in [0, 0.1) is 5.92 Å². The number of rotatable bonds is 7. The number of benzene rings is 2. The normalized spacial score (nSPS) is 11.3. The standard InChI is InChI=1S/C19H24N2O2.ClH/c1-14(11-15-5-9-18(23-2)10-6-15)13-21-19(22)17-7-3-16(12-20)4-8-17;/h3-10,14H,11-13,20H2,1-2H3,(H,21,22);1H. The van der Waals surface area contributed by atoms with E-state index in [1.807, 2.05) is 36.4 Å². The Morgan fingerprint density at radius 2 is 1.67 bits per heavy atom. The molecule has 3 N–H and O–H groups in total. The molecular weight excluding hydrogens is 324 g/mol. The van der Waals surface area contributed by atoms with E-state index in [-0.39, 0.29) is 18.3 Å². The quantitative estimate of drug-likeness (QED) is 0.807. The zero-order valence-corrected chi connectivity index (χ0v) is 14.9. The Kier molecular flexibility index (Phi) is 8.30. The van der Waals surface area contributed by atoms with E-state index in [1.54, 1.807) is 7.11 Å². The van der Waals surface area contributed by atoms with Crippen LogP contribution < -0.4 is 15.8 Å². The minimum absolute atomic E-state index is 0. The lowest BCUT2D eigenvalue weighted by atomic mass is 10.0. The van der Waals surface area contributed by atoms with E-state index < -0.39 is 0 Å². The molecule has 0 aliphatic rings. The highest BCUT2D eigenvalue weighted by Crippen LogP contribution is 2.14. The monoisotopic (exact) mass is 348 g/mol. The summed E-state index contributed by atoms with van der Waals surface area (Å²) in [5, 5.41) is 2.98. The first-order valence-corrected chi connectivity index (χ1v) is 7.82. The first kappa shape index (κ1) is 20.0. The van der Waals surface area contributed by atoms with Crippen LogP contribution in [-0.4, -0.2) is 19.6 Å². The number of methoxy groups -OCH3 is 1. The van der Waals surface area contributed by atoms with Crippen molar-refractivity contribution in [2.24, 2.45) is 11.7 Å². The van der Waals surface area contributed by atoms with E-state index in [1.165, 1.54) is 5.56 Å². The molecule has 2 rings (SSSR count). The van der Waals surface area contributed by atoms with Gasteiger partial charge >= 0.3 is 0 Å². The predicted molar refractivity (Wildman–Crippen MR) is 99.8 cm³/mol. The number of nitrogens with one attached hydrogen (secondary N) is 1. The first-order valence-electron chi connectivity index (χ1n) is 7.82. The number of carbonyl (C=O) groups excluding carboxylic acids is 1. The van der Waals surface area contributed by atoms with Gasteiger partial charge in [0.05, 0.1) is 7.11 Å². The second-order valence-corrected chi connectivity index (χ2v) is 5.77. The van der Waals surface area contributed by atoms with Crippen molar-refractivity contribution in [2.45, 2.75) is 19.9 Å². The smallest absolute Gasteiger partial charge is 0.251 e. The lowest BCUT2D eigenvalue weighted by Crippen LogP contribution is -2.29. The lowest BCUT2D eigenvalue weighted by molar-refractivity contribution is 0.0948. The summed E-state index contributed by atoms with van der Waals surface area (Å²) in [4.78, 5) is 12.1. The van der Waals surface area contributed by atoms with Gasteiger partial charge in [0.1, 0.15) is 5.75 Å². The van der Waals surface area contributed by atoms with Crippen LogP contribution in [0.2, 0.25) is 0 Å². The number of hydrogen-bond donors (Lipinski definition) is 2. The fraction of sp³-hybridized carbons (Fsp3) is 0.316. The van der Waals surface area contributed by atoms with Gasteiger partial charge in [0.25, 0.3) is 5.91 Å². The Balaban J connectivity index is 0.00000288. The number of halogens is 1. The van der Waals surface area contributed by atoms with E-state index in [2.05, 4.69) is 24.4 Å². The third-order valence-electron chi connectivity index (χ3n) is 3.81. The molecule has 0 bridgehead atoms. The minimum atomic E-state index is -0.0462. The van der Waals surface area contributed by atoms with E-state index >= 15 is 0 Å². The summed E-state index contributed by atoms with van der Waals surface area (Å²) in [7, 11) is 1.66. The Hall–Kier alpha value is -2.04. The molecule has 0 heterocycles. The molecule has 2 aromatic carbocycles. The highest BCUT2D eigenvalue weighted by molar-refractivity contribution is 5.94. The van der Waals surface area contributed by atoms with Crippen molar-refractivity contribution in [3.8, 4) is 5.75 Å². The van der Waals surface area contributed by atoms with Gasteiger partial charge in [-0.15, -0.1) is 12.4 Å². The van der Waals surface area contributed by atoms with E-state index in [9.17, 15) is 4.79 Å². The lowest BCUT2D eigenvalue weighted by Gasteiger charge is -2.13. The third-order valence-corrected chi connectivity index (χ3v) is 3.81. The summed E-state index contributed by atoms with van der Waals surface area (Å²) in [5.41, 5.74) is 8.48. The highest BCUT2D eigenvalue weighted by atomic mass is 35.5. The van der Waals surface area contributed by atoms with Gasteiger partial charge in [-0.25, -0.2) is 0 Å². The van der Waals surface area contributed by atoms with Gasteiger partial charge in [-0.2, -0.15) is 0 Å². The van der Waals surface area contributed by atoms with Crippen molar-refractivity contribution >= 4 is 18.3 Å². The van der Waals surface area contributed by atoms with Crippen molar-refractivity contribution in [1.29, 1.82) is 0 Å². The van der Waals surface area contributed by atoms with Crippen molar-refractivity contribution in [2.75, 3.05) is 13.7 Å². The largest absolute Gasteiger partial charge is 0.497 e. The van der Waals surface area contributed by atoms with Crippen LogP contribution in [0.3, 0.4) is 0 Å². The van der Waals surface area contributed by atoms with Crippen molar-refractivity contribution in [3.63, 3.8) is 0 Å². The fourth-order valence-electron chi connectivity index (χ4n) is 2.40. The molecule has 2 aromatic rings. The SMILES string of the molecule is COc1ccc(CC(C)CNC(=O)c2ccc(CN)cc2)cc1.Cl. The van der Waals surface area contributed by atoms with E-state index in [0.717, 1.165) is 17.7 Å². The molecule has 5 heteroatoms. The molecule has 0 radical (unpaired) electrons. The Morgan fingerprint density at radius 1 is 1.08 bits per heavy atom. The maximum absolute atomic E-state index is 12.1. The van der Waals surface area contributed by atoms with E-state index in [4.69, 9.17) is 10.5 Å². The fourth-order valence-corrected chi connectivity index (χ4v) is 2.40. The van der Waals surface area contributed by atoms with Crippen LogP contribution in [0.4, 0.5) is 0 Å². The maximum atomic E-state index is 12.1. The molecule has 4 nitrogen and oxygen atoms in total. The van der Waals surface area contributed by atoms with Crippen LogP contribution >= 0.6 is 12.4 Å². The van der Waals surface area contributed by atoms with Crippen LogP contribution in [0.5, 0.6) is 5.75 Å². The Labute approximate surface area is 149 Å². The highest BCUT2D eigenvalue weighted by Gasteiger charge is 2.09. The van der Waals surface area contributed by atoms with Crippen LogP contribution in [-0.2, 0) is 13.0 Å². The summed E-state index contributed by atoms with van der Waals surface area (Å²) >= 11 is 0. The topological polar surface area (TPSA) is 64.3 Å². The minimum Gasteiger partial charge on any atom is -0.497 e. The second-order valence-electron chi connectivity index (χ2n) is 5.77. The summed E-state index contributed by atoms with van der Waals surface area (Å²) < 4.78 is 5.15. The first-order chi connectivity index (χ1) is 11.1. The zero-order chi connectivity index (χ0) is 16.7. The van der Waals surface area contributed by atoms with Gasteiger partial charge in [-0.1, -0.05) is 31.2 Å². The van der Waals surface area contributed by atoms with Gasteiger partial charge < -0.3 is 15.8 Å². The van der Waals surface area contributed by atoms with Crippen molar-refractivity contribution in [3.05, 3.63) is 65.2 Å². The molecule has 130 valence electrons. The van der Waals surface area contributed by atoms with Crippen LogP contribution in [0.1, 0.15) is 28.4 Å². The molecular formula is C19H25ClN2O2. The predicted octanol–water partition coefficient (Wildman–Crippen LogP) is 3.18. The summed E-state index contributed by atoms with van der Waals surface area (Å²) in [5.74, 6) is 1.17. The second kappa shape index (κ2) is 9.96. The molecule has 1 amide bonds. The van der Waals surface area contributed by atoms with Gasteiger partial charge in [0.2, 0.25) is 0 Å². The van der Waals surface area contributed by atoms with Crippen molar-refractivity contribution < 1.29 is 9.53 Å². The van der Waals surface area contributed by atoms with E-state index in [0.29, 0.717) is 24.6 Å². The maximum Gasteiger partial charge on any atom is 0.251 e. The molecule has 0 spiro atoms. The average Bonchev–Trinajstić information content (AvgIpc) is 2.60. The zero-order valence-electron chi connectivity index (χ0n) is 14.1. The molecule has 0 aliphatic heterocycles. The Morgan fingerprint density at radius 3 is 2.21 bits per heavy atom. The molecule has 0 saturated heterocycles. The number of amides is 1. The third kappa shape index (κ3) is 5.87. The molecule has 0 aromatic heterocycles.